The molecule has 0 spiro atoms. The summed E-state index contributed by atoms with van der Waals surface area (Å²) >= 11 is 18.1. The predicted octanol–water partition coefficient (Wildman–Crippen LogP) is 3.62. The van der Waals surface area contributed by atoms with Gasteiger partial charge in [-0.3, -0.25) is 5.10 Å². The van der Waals surface area contributed by atoms with E-state index in [1.807, 2.05) is 13.0 Å². The van der Waals surface area contributed by atoms with Crippen LogP contribution in [0, 0.1) is 0 Å². The van der Waals surface area contributed by atoms with Crippen molar-refractivity contribution in [2.24, 2.45) is 0 Å². The average Bonchev–Trinajstić information content (AvgIpc) is 2.86. The smallest absolute Gasteiger partial charge is 0.138 e. The van der Waals surface area contributed by atoms with Crippen LogP contribution in [0.1, 0.15) is 24.4 Å². The minimum Gasteiger partial charge on any atom is -0.303 e. The Hall–Kier alpha value is -0.810. The Kier molecular flexibility index (Phi) is 4.45. The SMILES string of the molecule is CC(NCc1ncn[nH]1)c1ccc(Cl)c(Cl)c1Cl. The Morgan fingerprint density at radius 2 is 2.06 bits per heavy atom. The van der Waals surface area contributed by atoms with Crippen molar-refractivity contribution in [1.29, 1.82) is 0 Å². The van der Waals surface area contributed by atoms with Crippen LogP contribution in [0.25, 0.3) is 0 Å². The molecule has 0 saturated heterocycles. The zero-order valence-electron chi connectivity index (χ0n) is 9.54. The molecular formula is C11H11Cl3N4. The molecule has 7 heteroatoms. The molecule has 1 aromatic carbocycles. The van der Waals surface area contributed by atoms with Crippen molar-refractivity contribution >= 4 is 34.8 Å². The van der Waals surface area contributed by atoms with Gasteiger partial charge in [-0.05, 0) is 18.6 Å². The van der Waals surface area contributed by atoms with Crippen LogP contribution in [-0.4, -0.2) is 15.2 Å². The van der Waals surface area contributed by atoms with Gasteiger partial charge in [0.2, 0.25) is 0 Å². The van der Waals surface area contributed by atoms with Gasteiger partial charge in [-0.25, -0.2) is 4.98 Å². The van der Waals surface area contributed by atoms with E-state index in [9.17, 15) is 0 Å². The van der Waals surface area contributed by atoms with Crippen molar-refractivity contribution in [3.05, 3.63) is 44.9 Å². The van der Waals surface area contributed by atoms with E-state index in [-0.39, 0.29) is 6.04 Å². The summed E-state index contributed by atoms with van der Waals surface area (Å²) in [5, 5.41) is 11.1. The summed E-state index contributed by atoms with van der Waals surface area (Å²) in [5.41, 5.74) is 0.894. The van der Waals surface area contributed by atoms with Crippen molar-refractivity contribution in [1.82, 2.24) is 20.5 Å². The maximum Gasteiger partial charge on any atom is 0.138 e. The number of H-pyrrole nitrogens is 1. The highest BCUT2D eigenvalue weighted by atomic mass is 35.5. The molecule has 0 radical (unpaired) electrons. The normalized spacial score (nSPS) is 12.7. The first kappa shape index (κ1) is 13.6. The average molecular weight is 306 g/mol. The number of hydrogen-bond donors (Lipinski definition) is 2. The van der Waals surface area contributed by atoms with E-state index in [2.05, 4.69) is 20.5 Å². The number of benzene rings is 1. The summed E-state index contributed by atoms with van der Waals surface area (Å²) in [6.45, 7) is 2.56. The van der Waals surface area contributed by atoms with Crippen LogP contribution in [-0.2, 0) is 6.54 Å². The third kappa shape index (κ3) is 2.95. The number of nitrogens with one attached hydrogen (secondary N) is 2. The lowest BCUT2D eigenvalue weighted by Crippen LogP contribution is -2.19. The highest BCUT2D eigenvalue weighted by molar-refractivity contribution is 6.48. The van der Waals surface area contributed by atoms with Gasteiger partial charge in [0.15, 0.2) is 0 Å². The molecule has 2 aromatic rings. The lowest BCUT2D eigenvalue weighted by atomic mass is 10.1. The van der Waals surface area contributed by atoms with E-state index in [0.717, 1.165) is 11.4 Å². The number of aromatic nitrogens is 3. The maximum absolute atomic E-state index is 6.16. The Morgan fingerprint density at radius 1 is 1.28 bits per heavy atom. The largest absolute Gasteiger partial charge is 0.303 e. The van der Waals surface area contributed by atoms with Crippen LogP contribution < -0.4 is 5.32 Å². The highest BCUT2D eigenvalue weighted by Gasteiger charge is 2.14. The number of nitrogens with zero attached hydrogens (tertiary/aromatic N) is 2. The van der Waals surface area contributed by atoms with Gasteiger partial charge in [0.25, 0.3) is 0 Å². The Balaban J connectivity index is 2.09. The predicted molar refractivity (Wildman–Crippen MR) is 73.1 cm³/mol. The van der Waals surface area contributed by atoms with Gasteiger partial charge >= 0.3 is 0 Å². The van der Waals surface area contributed by atoms with E-state index in [1.54, 1.807) is 6.07 Å². The molecule has 2 rings (SSSR count). The summed E-state index contributed by atoms with van der Waals surface area (Å²) in [4.78, 5) is 4.03. The number of rotatable bonds is 4. The number of halogens is 3. The first-order chi connectivity index (χ1) is 8.59. The molecule has 0 saturated carbocycles. The number of aromatic amines is 1. The molecule has 1 heterocycles. The van der Waals surface area contributed by atoms with Gasteiger partial charge < -0.3 is 5.32 Å². The standard InChI is InChI=1S/C11H11Cl3N4/c1-6(15-4-9-16-5-17-18-9)7-2-3-8(12)11(14)10(7)13/h2-3,5-6,15H,4H2,1H3,(H,16,17,18). The Morgan fingerprint density at radius 3 is 2.72 bits per heavy atom. The molecule has 1 unspecified atom stereocenters. The van der Waals surface area contributed by atoms with Crippen molar-refractivity contribution in [2.45, 2.75) is 19.5 Å². The first-order valence-electron chi connectivity index (χ1n) is 5.30. The molecule has 0 amide bonds. The van der Waals surface area contributed by atoms with Crippen molar-refractivity contribution < 1.29 is 0 Å². The molecule has 4 nitrogen and oxygen atoms in total. The topological polar surface area (TPSA) is 53.6 Å². The fourth-order valence-electron chi connectivity index (χ4n) is 1.55. The molecule has 1 atom stereocenters. The van der Waals surface area contributed by atoms with Crippen LogP contribution in [0.2, 0.25) is 15.1 Å². The van der Waals surface area contributed by atoms with Gasteiger partial charge in [0.1, 0.15) is 12.2 Å². The summed E-state index contributed by atoms with van der Waals surface area (Å²) < 4.78 is 0. The molecule has 18 heavy (non-hydrogen) atoms. The molecule has 0 aliphatic carbocycles. The van der Waals surface area contributed by atoms with Crippen LogP contribution in [0.5, 0.6) is 0 Å². The summed E-state index contributed by atoms with van der Waals surface area (Å²) in [5.74, 6) is 0.762. The Bertz CT molecular complexity index is 527. The minimum absolute atomic E-state index is 0.0253. The third-order valence-electron chi connectivity index (χ3n) is 2.57. The van der Waals surface area contributed by atoms with Gasteiger partial charge in [0.05, 0.1) is 21.6 Å². The lowest BCUT2D eigenvalue weighted by Gasteiger charge is -2.16. The van der Waals surface area contributed by atoms with Crippen LogP contribution in [0.3, 0.4) is 0 Å². The van der Waals surface area contributed by atoms with Crippen molar-refractivity contribution in [3.8, 4) is 0 Å². The van der Waals surface area contributed by atoms with E-state index in [1.165, 1.54) is 6.33 Å². The van der Waals surface area contributed by atoms with E-state index in [0.29, 0.717) is 21.6 Å². The quantitative estimate of drug-likeness (QED) is 0.848. The second-order valence-corrected chi connectivity index (χ2v) is 4.96. The summed E-state index contributed by atoms with van der Waals surface area (Å²) in [6.07, 6.45) is 1.47. The molecular weight excluding hydrogens is 295 g/mol. The maximum atomic E-state index is 6.16. The van der Waals surface area contributed by atoms with Crippen LogP contribution in [0.4, 0.5) is 0 Å². The fourth-order valence-corrected chi connectivity index (χ4v) is 2.26. The summed E-state index contributed by atoms with van der Waals surface area (Å²) in [7, 11) is 0. The van der Waals surface area contributed by atoms with Gasteiger partial charge in [-0.2, -0.15) is 5.10 Å². The molecule has 0 aliphatic heterocycles. The number of hydrogen-bond acceptors (Lipinski definition) is 3. The van der Waals surface area contributed by atoms with E-state index >= 15 is 0 Å². The molecule has 2 N–H and O–H groups in total. The van der Waals surface area contributed by atoms with Crippen molar-refractivity contribution in [2.75, 3.05) is 0 Å². The molecule has 0 aliphatic rings. The van der Waals surface area contributed by atoms with Gasteiger partial charge in [-0.15, -0.1) is 0 Å². The van der Waals surface area contributed by atoms with E-state index < -0.39 is 0 Å². The Labute approximate surface area is 120 Å². The third-order valence-corrected chi connectivity index (χ3v) is 3.88. The zero-order valence-corrected chi connectivity index (χ0v) is 11.8. The molecule has 1 aromatic heterocycles. The molecule has 96 valence electrons. The second-order valence-electron chi connectivity index (χ2n) is 3.80. The van der Waals surface area contributed by atoms with E-state index in [4.69, 9.17) is 34.8 Å². The monoisotopic (exact) mass is 304 g/mol. The highest BCUT2D eigenvalue weighted by Crippen LogP contribution is 2.35. The van der Waals surface area contributed by atoms with Gasteiger partial charge in [-0.1, -0.05) is 40.9 Å². The second kappa shape index (κ2) is 5.89. The first-order valence-corrected chi connectivity index (χ1v) is 6.44. The summed E-state index contributed by atoms with van der Waals surface area (Å²) in [6, 6.07) is 3.61. The molecule has 0 bridgehead atoms. The minimum atomic E-state index is 0.0253. The zero-order chi connectivity index (χ0) is 13.1. The fraction of sp³-hybridized carbons (Fsp3) is 0.273. The lowest BCUT2D eigenvalue weighted by molar-refractivity contribution is 0.560. The molecule has 0 fully saturated rings. The van der Waals surface area contributed by atoms with Crippen LogP contribution >= 0.6 is 34.8 Å². The van der Waals surface area contributed by atoms with Gasteiger partial charge in [0, 0.05) is 6.04 Å². The van der Waals surface area contributed by atoms with Crippen molar-refractivity contribution in [3.63, 3.8) is 0 Å². The van der Waals surface area contributed by atoms with Crippen LogP contribution in [0.15, 0.2) is 18.5 Å².